The van der Waals surface area contributed by atoms with Gasteiger partial charge in [0.25, 0.3) is 5.91 Å². The summed E-state index contributed by atoms with van der Waals surface area (Å²) in [5.41, 5.74) is 1.64. The Morgan fingerprint density at radius 3 is 2.74 bits per heavy atom. The van der Waals surface area contributed by atoms with E-state index in [9.17, 15) is 14.0 Å². The fourth-order valence-corrected chi connectivity index (χ4v) is 2.92. The molecule has 0 fully saturated rings. The van der Waals surface area contributed by atoms with Gasteiger partial charge in [-0.05, 0) is 49.8 Å². The van der Waals surface area contributed by atoms with Crippen molar-refractivity contribution in [1.82, 2.24) is 5.32 Å². The molecule has 1 aromatic heterocycles. The number of rotatable bonds is 7. The van der Waals surface area contributed by atoms with Crippen LogP contribution in [0, 0.1) is 5.82 Å². The lowest BCUT2D eigenvalue weighted by Gasteiger charge is -2.12. The molecule has 0 spiro atoms. The summed E-state index contributed by atoms with van der Waals surface area (Å²) in [5.74, 6) is -0.808. The molecular weight excluding hydrogens is 349 g/mol. The summed E-state index contributed by atoms with van der Waals surface area (Å²) in [4.78, 5) is 24.2. The number of nitrogens with one attached hydrogen (secondary N) is 1. The Balaban J connectivity index is 1.52. The second-order valence-corrected chi connectivity index (χ2v) is 6.50. The van der Waals surface area contributed by atoms with Crippen molar-refractivity contribution in [3.63, 3.8) is 0 Å². The van der Waals surface area contributed by atoms with Gasteiger partial charge < -0.3 is 14.5 Å². The van der Waals surface area contributed by atoms with Crippen LogP contribution in [0.5, 0.6) is 5.75 Å². The van der Waals surface area contributed by atoms with Crippen molar-refractivity contribution in [1.29, 1.82) is 0 Å². The van der Waals surface area contributed by atoms with Gasteiger partial charge in [0, 0.05) is 12.6 Å². The highest BCUT2D eigenvalue weighted by molar-refractivity contribution is 5.91. The predicted octanol–water partition coefficient (Wildman–Crippen LogP) is 3.98. The number of benzene rings is 1. The van der Waals surface area contributed by atoms with Crippen molar-refractivity contribution in [2.45, 2.75) is 38.7 Å². The normalized spacial score (nSPS) is 13.7. The molecule has 6 heteroatoms. The smallest absolute Gasteiger partial charge is 0.287 e. The number of amides is 1. The van der Waals surface area contributed by atoms with Gasteiger partial charge >= 0.3 is 0 Å². The molecule has 2 aromatic rings. The van der Waals surface area contributed by atoms with E-state index in [-0.39, 0.29) is 23.9 Å². The summed E-state index contributed by atoms with van der Waals surface area (Å²) in [6.45, 7) is 0.614. The minimum atomic E-state index is -0.441. The molecule has 1 N–H and O–H groups in total. The van der Waals surface area contributed by atoms with Crippen LogP contribution >= 0.6 is 0 Å². The van der Waals surface area contributed by atoms with Gasteiger partial charge in [0.1, 0.15) is 18.7 Å². The SMILES string of the molecule is O=C(NCCC1=CCCCC1)c1cc(=O)c(OCc2ccc(F)cc2)co1. The van der Waals surface area contributed by atoms with E-state index in [2.05, 4.69) is 11.4 Å². The van der Waals surface area contributed by atoms with E-state index < -0.39 is 11.3 Å². The van der Waals surface area contributed by atoms with Gasteiger partial charge in [-0.2, -0.15) is 0 Å². The van der Waals surface area contributed by atoms with Crippen LogP contribution in [0.3, 0.4) is 0 Å². The van der Waals surface area contributed by atoms with Gasteiger partial charge in [0.2, 0.25) is 11.2 Å². The molecule has 5 nitrogen and oxygen atoms in total. The standard InChI is InChI=1S/C21H22FNO4/c22-17-8-6-16(7-9-17)13-26-20-14-27-19(12-18(20)24)21(25)23-11-10-15-4-2-1-3-5-15/h4,6-9,12,14H,1-3,5,10-11,13H2,(H,23,25). The van der Waals surface area contributed by atoms with E-state index in [0.29, 0.717) is 6.54 Å². The Morgan fingerprint density at radius 1 is 1.22 bits per heavy atom. The highest BCUT2D eigenvalue weighted by Gasteiger charge is 2.12. The van der Waals surface area contributed by atoms with Gasteiger partial charge in [0.05, 0.1) is 0 Å². The molecule has 1 aliphatic rings. The van der Waals surface area contributed by atoms with E-state index >= 15 is 0 Å². The molecule has 1 aromatic carbocycles. The maximum atomic E-state index is 12.9. The van der Waals surface area contributed by atoms with E-state index in [1.54, 1.807) is 12.1 Å². The van der Waals surface area contributed by atoms with Crippen LogP contribution in [-0.2, 0) is 6.61 Å². The molecule has 3 rings (SSSR count). The van der Waals surface area contributed by atoms with Crippen LogP contribution < -0.4 is 15.5 Å². The summed E-state index contributed by atoms with van der Waals surface area (Å²) >= 11 is 0. The summed E-state index contributed by atoms with van der Waals surface area (Å²) in [6.07, 6.45) is 8.82. The predicted molar refractivity (Wildman–Crippen MR) is 99.2 cm³/mol. The largest absolute Gasteiger partial charge is 0.482 e. The zero-order chi connectivity index (χ0) is 19.1. The van der Waals surface area contributed by atoms with Gasteiger partial charge in [-0.1, -0.05) is 23.8 Å². The zero-order valence-corrected chi connectivity index (χ0v) is 15.0. The van der Waals surface area contributed by atoms with E-state index in [1.165, 1.54) is 30.5 Å². The minimum absolute atomic E-state index is 0.00300. The molecule has 0 radical (unpaired) electrons. The molecule has 27 heavy (non-hydrogen) atoms. The zero-order valence-electron chi connectivity index (χ0n) is 15.0. The van der Waals surface area contributed by atoms with Crippen molar-refractivity contribution in [2.24, 2.45) is 0 Å². The Morgan fingerprint density at radius 2 is 2.04 bits per heavy atom. The third-order valence-corrected chi connectivity index (χ3v) is 4.45. The van der Waals surface area contributed by atoms with Crippen LogP contribution in [0.2, 0.25) is 0 Å². The van der Waals surface area contributed by atoms with E-state index in [1.807, 2.05) is 0 Å². The molecule has 1 aliphatic carbocycles. The first-order valence-corrected chi connectivity index (χ1v) is 9.08. The molecule has 142 valence electrons. The maximum Gasteiger partial charge on any atom is 0.287 e. The lowest BCUT2D eigenvalue weighted by molar-refractivity contribution is 0.0923. The van der Waals surface area contributed by atoms with Gasteiger partial charge in [-0.25, -0.2) is 4.39 Å². The summed E-state index contributed by atoms with van der Waals surface area (Å²) < 4.78 is 23.5. The van der Waals surface area contributed by atoms with Crippen LogP contribution in [-0.4, -0.2) is 12.5 Å². The summed E-state index contributed by atoms with van der Waals surface area (Å²) in [7, 11) is 0. The molecule has 0 atom stereocenters. The second-order valence-electron chi connectivity index (χ2n) is 6.50. The van der Waals surface area contributed by atoms with E-state index in [0.717, 1.165) is 37.2 Å². The highest BCUT2D eigenvalue weighted by atomic mass is 19.1. The Kier molecular flexibility index (Phi) is 6.41. The monoisotopic (exact) mass is 371 g/mol. The van der Waals surface area contributed by atoms with Crippen LogP contribution in [0.1, 0.15) is 48.2 Å². The fourth-order valence-electron chi connectivity index (χ4n) is 2.92. The molecular formula is C21H22FNO4. The highest BCUT2D eigenvalue weighted by Crippen LogP contribution is 2.19. The van der Waals surface area contributed by atoms with Crippen LogP contribution in [0.15, 0.2) is 57.5 Å². The summed E-state index contributed by atoms with van der Waals surface area (Å²) in [6, 6.07) is 6.90. The lowest BCUT2D eigenvalue weighted by atomic mass is 9.97. The van der Waals surface area contributed by atoms with Crippen LogP contribution in [0.4, 0.5) is 4.39 Å². The van der Waals surface area contributed by atoms with Crippen molar-refractivity contribution in [2.75, 3.05) is 6.54 Å². The minimum Gasteiger partial charge on any atom is -0.482 e. The van der Waals surface area contributed by atoms with E-state index in [4.69, 9.17) is 9.15 Å². The number of allylic oxidation sites excluding steroid dienone is 1. The average Bonchev–Trinajstić information content (AvgIpc) is 2.69. The Hall–Kier alpha value is -2.89. The quantitative estimate of drug-likeness (QED) is 0.748. The third kappa shape index (κ3) is 5.54. The van der Waals surface area contributed by atoms with Crippen LogP contribution in [0.25, 0.3) is 0 Å². The second kappa shape index (κ2) is 9.16. The molecule has 0 saturated heterocycles. The first-order chi connectivity index (χ1) is 13.1. The molecule has 0 aliphatic heterocycles. The van der Waals surface area contributed by atoms with Gasteiger partial charge in [-0.15, -0.1) is 0 Å². The summed E-state index contributed by atoms with van der Waals surface area (Å²) in [5, 5.41) is 2.77. The number of carbonyl (C=O) groups is 1. The van der Waals surface area contributed by atoms with Gasteiger partial charge in [-0.3, -0.25) is 9.59 Å². The number of carbonyl (C=O) groups excluding carboxylic acids is 1. The first-order valence-electron chi connectivity index (χ1n) is 9.08. The van der Waals surface area contributed by atoms with Gasteiger partial charge in [0.15, 0.2) is 5.76 Å². The number of hydrogen-bond donors (Lipinski definition) is 1. The lowest BCUT2D eigenvalue weighted by Crippen LogP contribution is -2.26. The maximum absolute atomic E-state index is 12.9. The molecule has 0 saturated carbocycles. The molecule has 1 heterocycles. The number of ether oxygens (including phenoxy) is 1. The Labute approximate surface area is 156 Å². The molecule has 0 bridgehead atoms. The number of hydrogen-bond acceptors (Lipinski definition) is 4. The third-order valence-electron chi connectivity index (χ3n) is 4.45. The van der Waals surface area contributed by atoms with Crippen molar-refractivity contribution < 1.29 is 18.3 Å². The topological polar surface area (TPSA) is 68.5 Å². The molecule has 1 amide bonds. The van der Waals surface area contributed by atoms with Crippen molar-refractivity contribution in [3.05, 3.63) is 75.6 Å². The van der Waals surface area contributed by atoms with Crippen molar-refractivity contribution in [3.8, 4) is 5.75 Å². The van der Waals surface area contributed by atoms with Crippen molar-refractivity contribution >= 4 is 5.91 Å². The fraction of sp³-hybridized carbons (Fsp3) is 0.333. The molecule has 0 unspecified atom stereocenters. The first kappa shape index (κ1) is 18.9. The average molecular weight is 371 g/mol. The Bertz CT molecular complexity index is 870. The number of halogens is 1.